The van der Waals surface area contributed by atoms with Crippen molar-refractivity contribution in [2.45, 2.75) is 12.1 Å². The Morgan fingerprint density at radius 3 is 2.90 bits per heavy atom. The summed E-state index contributed by atoms with van der Waals surface area (Å²) < 4.78 is 0. The molecule has 3 rings (SSSR count). The molecule has 1 aromatic heterocycles. The summed E-state index contributed by atoms with van der Waals surface area (Å²) in [7, 11) is 1.71. The lowest BCUT2D eigenvalue weighted by Gasteiger charge is -2.26. The molecule has 2 aromatic rings. The van der Waals surface area contributed by atoms with Gasteiger partial charge < -0.3 is 15.3 Å². The number of β-amino-alcohol motifs (C(OH)–C–C–N with tert-alkyl or cyclic N) is 1. The molecule has 104 valence electrons. The van der Waals surface area contributed by atoms with E-state index in [1.54, 1.807) is 18.1 Å². The van der Waals surface area contributed by atoms with Gasteiger partial charge in [0.25, 0.3) is 5.91 Å². The average molecular weight is 271 g/mol. The number of nitrogens with one attached hydrogen (secondary N) is 1. The lowest BCUT2D eigenvalue weighted by molar-refractivity contribution is 0.0578. The second kappa shape index (κ2) is 5.19. The van der Waals surface area contributed by atoms with Gasteiger partial charge in [0.1, 0.15) is 5.69 Å². The summed E-state index contributed by atoms with van der Waals surface area (Å²) >= 11 is 0. The average Bonchev–Trinajstić information content (AvgIpc) is 2.91. The fourth-order valence-electron chi connectivity index (χ4n) is 2.65. The molecule has 20 heavy (non-hydrogen) atoms. The highest BCUT2D eigenvalue weighted by atomic mass is 16.3. The van der Waals surface area contributed by atoms with Crippen LogP contribution in [0.3, 0.4) is 0 Å². The van der Waals surface area contributed by atoms with Crippen LogP contribution in [0.2, 0.25) is 0 Å². The number of likely N-dealkylation sites (N-methyl/N-ethyl adjacent to an activating group) is 1. The Kier molecular flexibility index (Phi) is 3.38. The molecule has 5 nitrogen and oxygen atoms in total. The topological polar surface area (TPSA) is 65.5 Å². The fourth-order valence-corrected chi connectivity index (χ4v) is 2.65. The number of fused-ring (bicyclic) bond motifs is 1. The second-order valence-corrected chi connectivity index (χ2v) is 5.09. The van der Waals surface area contributed by atoms with Gasteiger partial charge in [-0.15, -0.1) is 0 Å². The zero-order valence-electron chi connectivity index (χ0n) is 11.3. The number of hydrogen-bond acceptors (Lipinski definition) is 4. The van der Waals surface area contributed by atoms with Crippen LogP contribution in [0.25, 0.3) is 10.8 Å². The highest BCUT2D eigenvalue weighted by Crippen LogP contribution is 2.19. The summed E-state index contributed by atoms with van der Waals surface area (Å²) in [5.74, 6) is -0.158. The molecule has 2 N–H and O–H groups in total. The molecule has 1 aliphatic rings. The van der Waals surface area contributed by atoms with Crippen molar-refractivity contribution in [2.75, 3.05) is 20.1 Å². The molecule has 0 saturated carbocycles. The van der Waals surface area contributed by atoms with Gasteiger partial charge >= 0.3 is 0 Å². The Hall–Kier alpha value is -1.98. The molecule has 5 heteroatoms. The van der Waals surface area contributed by atoms with Crippen molar-refractivity contribution in [3.63, 3.8) is 0 Å². The summed E-state index contributed by atoms with van der Waals surface area (Å²) in [6.07, 6.45) is 1.12. The Labute approximate surface area is 117 Å². The standard InChI is InChI=1S/C15H17N3O2/c1-18(12-8-16-9-13(12)19)15(20)14-11-5-3-2-4-10(11)6-7-17-14/h2-7,12-13,16,19H,8-9H2,1H3/t12-,13-/m0/s1. The number of carbonyl (C=O) groups excluding carboxylic acids is 1. The number of aliphatic hydroxyl groups is 1. The van der Waals surface area contributed by atoms with Crippen LogP contribution >= 0.6 is 0 Å². The van der Waals surface area contributed by atoms with Gasteiger partial charge in [-0.3, -0.25) is 9.78 Å². The van der Waals surface area contributed by atoms with E-state index < -0.39 is 6.10 Å². The first-order chi connectivity index (χ1) is 9.68. The largest absolute Gasteiger partial charge is 0.390 e. The normalized spacial score (nSPS) is 22.1. The molecule has 1 saturated heterocycles. The van der Waals surface area contributed by atoms with Gasteiger partial charge in [-0.05, 0) is 11.5 Å². The lowest BCUT2D eigenvalue weighted by atomic mass is 10.1. The third-order valence-electron chi connectivity index (χ3n) is 3.85. The van der Waals surface area contributed by atoms with Crippen LogP contribution in [-0.4, -0.2) is 53.2 Å². The Morgan fingerprint density at radius 2 is 2.15 bits per heavy atom. The highest BCUT2D eigenvalue weighted by Gasteiger charge is 2.32. The van der Waals surface area contributed by atoms with Gasteiger partial charge in [0.05, 0.1) is 12.1 Å². The molecule has 0 spiro atoms. The molecule has 0 aliphatic carbocycles. The molecular weight excluding hydrogens is 254 g/mol. The third-order valence-corrected chi connectivity index (χ3v) is 3.85. The number of carbonyl (C=O) groups is 1. The predicted octanol–water partition coefficient (Wildman–Crippen LogP) is 0.639. The van der Waals surface area contributed by atoms with Crippen LogP contribution in [0.5, 0.6) is 0 Å². The van der Waals surface area contributed by atoms with E-state index in [1.165, 1.54) is 0 Å². The molecule has 2 heterocycles. The first-order valence-electron chi connectivity index (χ1n) is 6.68. The van der Waals surface area contributed by atoms with Crippen LogP contribution < -0.4 is 5.32 Å². The smallest absolute Gasteiger partial charge is 0.273 e. The summed E-state index contributed by atoms with van der Waals surface area (Å²) in [6.45, 7) is 1.12. The molecule has 0 radical (unpaired) electrons. The Morgan fingerprint density at radius 1 is 1.35 bits per heavy atom. The van der Waals surface area contributed by atoms with Crippen molar-refractivity contribution in [3.05, 3.63) is 42.2 Å². The fraction of sp³-hybridized carbons (Fsp3) is 0.333. The van der Waals surface area contributed by atoms with Crippen molar-refractivity contribution < 1.29 is 9.90 Å². The molecule has 0 unspecified atom stereocenters. The van der Waals surface area contributed by atoms with E-state index in [2.05, 4.69) is 10.3 Å². The number of nitrogens with zero attached hydrogens (tertiary/aromatic N) is 2. The van der Waals surface area contributed by atoms with E-state index in [0.717, 1.165) is 10.8 Å². The second-order valence-electron chi connectivity index (χ2n) is 5.09. The first kappa shape index (κ1) is 13.0. The number of aliphatic hydroxyl groups excluding tert-OH is 1. The summed E-state index contributed by atoms with van der Waals surface area (Å²) in [4.78, 5) is 18.4. The molecule has 1 aromatic carbocycles. The zero-order chi connectivity index (χ0) is 14.1. The minimum Gasteiger partial charge on any atom is -0.390 e. The highest BCUT2D eigenvalue weighted by molar-refractivity contribution is 6.05. The van der Waals surface area contributed by atoms with Crippen LogP contribution in [-0.2, 0) is 0 Å². The van der Waals surface area contributed by atoms with Crippen molar-refractivity contribution in [2.24, 2.45) is 0 Å². The van der Waals surface area contributed by atoms with E-state index >= 15 is 0 Å². The minimum atomic E-state index is -0.529. The van der Waals surface area contributed by atoms with E-state index in [9.17, 15) is 9.90 Å². The van der Waals surface area contributed by atoms with Crippen molar-refractivity contribution >= 4 is 16.7 Å². The maximum absolute atomic E-state index is 12.6. The van der Waals surface area contributed by atoms with Crippen molar-refractivity contribution in [1.29, 1.82) is 0 Å². The van der Waals surface area contributed by atoms with E-state index in [1.807, 2.05) is 30.3 Å². The van der Waals surface area contributed by atoms with Gasteiger partial charge in [-0.1, -0.05) is 24.3 Å². The van der Waals surface area contributed by atoms with Crippen LogP contribution in [0, 0.1) is 0 Å². The number of amides is 1. The molecular formula is C15H17N3O2. The number of rotatable bonds is 2. The van der Waals surface area contributed by atoms with Gasteiger partial charge in [-0.25, -0.2) is 0 Å². The maximum atomic E-state index is 12.6. The lowest BCUT2D eigenvalue weighted by Crippen LogP contribution is -2.44. The van der Waals surface area contributed by atoms with Crippen molar-refractivity contribution in [3.8, 4) is 0 Å². The summed E-state index contributed by atoms with van der Waals surface area (Å²) in [5.41, 5.74) is 0.435. The number of pyridine rings is 1. The molecule has 1 aliphatic heterocycles. The maximum Gasteiger partial charge on any atom is 0.273 e. The van der Waals surface area contributed by atoms with Crippen molar-refractivity contribution in [1.82, 2.24) is 15.2 Å². The van der Waals surface area contributed by atoms with Crippen LogP contribution in [0.1, 0.15) is 10.5 Å². The number of benzene rings is 1. The minimum absolute atomic E-state index is 0.158. The van der Waals surface area contributed by atoms with Gasteiger partial charge in [-0.2, -0.15) is 0 Å². The first-order valence-corrected chi connectivity index (χ1v) is 6.68. The third kappa shape index (κ3) is 2.15. The van der Waals surface area contributed by atoms with Crippen LogP contribution in [0.4, 0.5) is 0 Å². The molecule has 2 atom stereocenters. The van der Waals surface area contributed by atoms with Gasteiger partial charge in [0, 0.05) is 31.7 Å². The Balaban J connectivity index is 1.96. The van der Waals surface area contributed by atoms with Gasteiger partial charge in [0.2, 0.25) is 0 Å². The summed E-state index contributed by atoms with van der Waals surface area (Å²) in [6, 6.07) is 9.37. The van der Waals surface area contributed by atoms with Gasteiger partial charge in [0.15, 0.2) is 0 Å². The monoisotopic (exact) mass is 271 g/mol. The quantitative estimate of drug-likeness (QED) is 0.841. The predicted molar refractivity (Wildman–Crippen MR) is 76.5 cm³/mol. The van der Waals surface area contributed by atoms with E-state index in [0.29, 0.717) is 18.8 Å². The Bertz CT molecular complexity index is 639. The number of aromatic nitrogens is 1. The van der Waals surface area contributed by atoms with Crippen LogP contribution in [0.15, 0.2) is 36.5 Å². The summed E-state index contributed by atoms with van der Waals surface area (Å²) in [5, 5.41) is 14.8. The molecule has 1 fully saturated rings. The van der Waals surface area contributed by atoms with E-state index in [-0.39, 0.29) is 11.9 Å². The molecule has 0 bridgehead atoms. The molecule has 1 amide bonds. The SMILES string of the molecule is CN(C(=O)c1nccc2ccccc12)[C@H]1CNC[C@@H]1O. The van der Waals surface area contributed by atoms with E-state index in [4.69, 9.17) is 0 Å². The zero-order valence-corrected chi connectivity index (χ0v) is 11.3. The number of hydrogen-bond donors (Lipinski definition) is 2.